The van der Waals surface area contributed by atoms with Crippen LogP contribution in [0.4, 0.5) is 5.13 Å². The highest BCUT2D eigenvalue weighted by molar-refractivity contribution is 7.22. The van der Waals surface area contributed by atoms with Crippen LogP contribution in [0, 0.1) is 0 Å². The molecule has 1 saturated heterocycles. The van der Waals surface area contributed by atoms with Crippen molar-refractivity contribution < 1.29 is 14.7 Å². The highest BCUT2D eigenvalue weighted by Gasteiger charge is 2.48. The lowest BCUT2D eigenvalue weighted by molar-refractivity contribution is -0.132. The third kappa shape index (κ3) is 4.19. The molecular weight excluding hydrogens is 515 g/mol. The Morgan fingerprint density at radius 2 is 1.67 bits per heavy atom. The molecule has 1 N–H and O–H groups in total. The number of aliphatic hydroxyl groups is 1. The molecule has 0 saturated carbocycles. The predicted molar refractivity (Wildman–Crippen MR) is 146 cm³/mol. The molecule has 0 spiro atoms. The number of carbonyl (C=O) groups is 2. The fourth-order valence-electron chi connectivity index (χ4n) is 4.27. The Labute approximate surface area is 222 Å². The molecule has 1 aromatic heterocycles. The van der Waals surface area contributed by atoms with Gasteiger partial charge in [0.2, 0.25) is 0 Å². The van der Waals surface area contributed by atoms with Crippen molar-refractivity contribution in [1.82, 2.24) is 4.98 Å². The summed E-state index contributed by atoms with van der Waals surface area (Å²) in [6.45, 7) is 6.33. The summed E-state index contributed by atoms with van der Waals surface area (Å²) in [5.74, 6) is -1.86. The van der Waals surface area contributed by atoms with Crippen molar-refractivity contribution in [2.24, 2.45) is 0 Å². The van der Waals surface area contributed by atoms with Crippen molar-refractivity contribution in [2.45, 2.75) is 32.2 Å². The molecule has 0 radical (unpaired) electrons. The number of Topliss-reactive ketones (excluding diaryl/α,β-unsaturated/α-hetero) is 1. The van der Waals surface area contributed by atoms with Crippen LogP contribution in [-0.4, -0.2) is 21.8 Å². The van der Waals surface area contributed by atoms with Crippen molar-refractivity contribution in [2.75, 3.05) is 4.90 Å². The van der Waals surface area contributed by atoms with E-state index in [9.17, 15) is 14.7 Å². The molecule has 3 aromatic carbocycles. The van der Waals surface area contributed by atoms with E-state index in [1.54, 1.807) is 6.07 Å². The number of rotatable bonds is 3. The van der Waals surface area contributed by atoms with Crippen molar-refractivity contribution in [1.29, 1.82) is 0 Å². The van der Waals surface area contributed by atoms with Crippen molar-refractivity contribution in [3.63, 3.8) is 0 Å². The number of hydrogen-bond donors (Lipinski definition) is 1. The molecule has 4 aromatic rings. The summed E-state index contributed by atoms with van der Waals surface area (Å²) in [4.78, 5) is 32.8. The zero-order valence-electron chi connectivity index (χ0n) is 19.8. The van der Waals surface area contributed by atoms with Gasteiger partial charge < -0.3 is 5.11 Å². The van der Waals surface area contributed by atoms with Gasteiger partial charge in [-0.1, -0.05) is 91.7 Å². The smallest absolute Gasteiger partial charge is 0.301 e. The Morgan fingerprint density at radius 1 is 0.972 bits per heavy atom. The number of halogens is 2. The average Bonchev–Trinajstić information content (AvgIpc) is 3.38. The lowest BCUT2D eigenvalue weighted by atomic mass is 9.85. The van der Waals surface area contributed by atoms with Crippen molar-refractivity contribution in [3.8, 4) is 0 Å². The molecule has 1 unspecified atom stereocenters. The minimum atomic E-state index is -0.867. The Balaban J connectivity index is 1.72. The number of amides is 1. The second-order valence-electron chi connectivity index (χ2n) is 9.63. The van der Waals surface area contributed by atoms with Crippen LogP contribution in [0.25, 0.3) is 16.0 Å². The van der Waals surface area contributed by atoms with Gasteiger partial charge in [0, 0.05) is 5.56 Å². The van der Waals surface area contributed by atoms with Gasteiger partial charge in [0.25, 0.3) is 5.78 Å². The number of aromatic nitrogens is 1. The highest BCUT2D eigenvalue weighted by atomic mass is 35.5. The summed E-state index contributed by atoms with van der Waals surface area (Å²) < 4.78 is 0.890. The van der Waals surface area contributed by atoms with Crippen LogP contribution in [0.15, 0.2) is 72.3 Å². The number of aliphatic hydroxyl groups excluding tert-OH is 1. The molecule has 1 aliphatic rings. The predicted octanol–water partition coefficient (Wildman–Crippen LogP) is 7.53. The Bertz CT molecular complexity index is 1520. The lowest BCUT2D eigenvalue weighted by Crippen LogP contribution is -2.29. The molecule has 0 bridgehead atoms. The normalized spacial score (nSPS) is 17.8. The molecule has 1 atom stereocenters. The molecule has 5 nitrogen and oxygen atoms in total. The van der Waals surface area contributed by atoms with E-state index in [4.69, 9.17) is 23.2 Å². The van der Waals surface area contributed by atoms with Crippen LogP contribution in [0.1, 0.15) is 43.5 Å². The number of nitrogens with zero attached hydrogens (tertiary/aromatic N) is 2. The number of fused-ring (bicyclic) bond motifs is 1. The van der Waals surface area contributed by atoms with Gasteiger partial charge in [0.1, 0.15) is 5.76 Å². The Kier molecular flexibility index (Phi) is 6.15. The Hall–Kier alpha value is -3.19. The maximum Gasteiger partial charge on any atom is 0.301 e. The van der Waals surface area contributed by atoms with Gasteiger partial charge in [0.05, 0.1) is 31.9 Å². The van der Waals surface area contributed by atoms with Crippen LogP contribution < -0.4 is 4.90 Å². The minimum Gasteiger partial charge on any atom is -0.507 e. The van der Waals surface area contributed by atoms with Gasteiger partial charge in [-0.15, -0.1) is 0 Å². The summed E-state index contributed by atoms with van der Waals surface area (Å²) in [6.07, 6.45) is 0. The zero-order valence-corrected chi connectivity index (χ0v) is 22.1. The fourth-order valence-corrected chi connectivity index (χ4v) is 5.56. The SMILES string of the molecule is CC(C)(C)c1ccc(C2/C(=C(\O)c3ccc(Cl)c(Cl)c3)C(=O)C(=O)N2c2nc3ccccc3s2)cc1. The van der Waals surface area contributed by atoms with Gasteiger partial charge in [-0.25, -0.2) is 4.98 Å². The first-order chi connectivity index (χ1) is 17.1. The molecule has 5 rings (SSSR count). The number of ketones is 1. The Morgan fingerprint density at radius 3 is 2.31 bits per heavy atom. The molecule has 1 fully saturated rings. The number of carbonyl (C=O) groups excluding carboxylic acids is 2. The summed E-state index contributed by atoms with van der Waals surface area (Å²) in [6, 6.07) is 19.0. The second kappa shape index (κ2) is 9.04. The van der Waals surface area contributed by atoms with E-state index in [0.29, 0.717) is 21.3 Å². The maximum absolute atomic E-state index is 13.4. The monoisotopic (exact) mass is 536 g/mol. The van der Waals surface area contributed by atoms with Crippen LogP contribution in [-0.2, 0) is 15.0 Å². The average molecular weight is 537 g/mol. The first kappa shape index (κ1) is 24.5. The molecule has 2 heterocycles. The number of anilines is 1. The van der Waals surface area contributed by atoms with Crippen molar-refractivity contribution in [3.05, 3.63) is 99.0 Å². The number of benzene rings is 3. The molecule has 1 aliphatic heterocycles. The van der Waals surface area contributed by atoms with E-state index < -0.39 is 17.7 Å². The summed E-state index contributed by atoms with van der Waals surface area (Å²) in [5, 5.41) is 12.2. The molecule has 36 heavy (non-hydrogen) atoms. The standard InChI is InChI=1S/C28H22Cl2N2O3S/c1-28(2,3)17-11-8-15(9-12-17)23-22(24(33)16-10-13-18(29)19(30)14-16)25(34)26(35)32(23)27-31-20-6-4-5-7-21(20)36-27/h4-14,23,33H,1-3H3/b24-22+. The third-order valence-electron chi connectivity index (χ3n) is 6.22. The first-order valence-electron chi connectivity index (χ1n) is 11.3. The van der Waals surface area contributed by atoms with E-state index in [1.165, 1.54) is 28.4 Å². The minimum absolute atomic E-state index is 0.0267. The summed E-state index contributed by atoms with van der Waals surface area (Å²) >= 11 is 13.5. The largest absolute Gasteiger partial charge is 0.507 e. The first-order valence-corrected chi connectivity index (χ1v) is 12.9. The van der Waals surface area contributed by atoms with Crippen molar-refractivity contribution >= 4 is 67.3 Å². The third-order valence-corrected chi connectivity index (χ3v) is 7.99. The van der Waals surface area contributed by atoms with Gasteiger partial charge in [-0.3, -0.25) is 14.5 Å². The van der Waals surface area contributed by atoms with E-state index in [1.807, 2.05) is 48.5 Å². The second-order valence-corrected chi connectivity index (χ2v) is 11.5. The van der Waals surface area contributed by atoms with Crippen LogP contribution in [0.5, 0.6) is 0 Å². The van der Waals surface area contributed by atoms with Gasteiger partial charge in [-0.2, -0.15) is 0 Å². The summed E-state index contributed by atoms with van der Waals surface area (Å²) in [7, 11) is 0. The lowest BCUT2D eigenvalue weighted by Gasteiger charge is -2.24. The number of hydrogen-bond acceptors (Lipinski definition) is 5. The molecular formula is C28H22Cl2N2O3S. The van der Waals surface area contributed by atoms with Crippen LogP contribution in [0.3, 0.4) is 0 Å². The van der Waals surface area contributed by atoms with Crippen LogP contribution >= 0.6 is 34.5 Å². The van der Waals surface area contributed by atoms with E-state index in [2.05, 4.69) is 25.8 Å². The van der Waals surface area contributed by atoms with Crippen LogP contribution in [0.2, 0.25) is 10.0 Å². The zero-order chi connectivity index (χ0) is 25.8. The molecule has 1 amide bonds. The fraction of sp³-hybridized carbons (Fsp3) is 0.179. The van der Waals surface area contributed by atoms with E-state index in [-0.39, 0.29) is 21.8 Å². The maximum atomic E-state index is 13.4. The van der Waals surface area contributed by atoms with Gasteiger partial charge >= 0.3 is 5.91 Å². The van der Waals surface area contributed by atoms with Gasteiger partial charge in [-0.05, 0) is 46.9 Å². The number of para-hydroxylation sites is 1. The quantitative estimate of drug-likeness (QED) is 0.167. The molecule has 182 valence electrons. The summed E-state index contributed by atoms with van der Waals surface area (Å²) in [5.41, 5.74) is 2.71. The number of thiazole rings is 1. The molecule has 8 heteroatoms. The van der Waals surface area contributed by atoms with E-state index >= 15 is 0 Å². The van der Waals surface area contributed by atoms with Gasteiger partial charge in [0.15, 0.2) is 5.13 Å². The topological polar surface area (TPSA) is 70.5 Å². The molecule has 0 aliphatic carbocycles. The highest BCUT2D eigenvalue weighted by Crippen LogP contribution is 2.45. The van der Waals surface area contributed by atoms with E-state index in [0.717, 1.165) is 15.8 Å².